The van der Waals surface area contributed by atoms with Crippen LogP contribution in [0.15, 0.2) is 16.8 Å². The number of thiophene rings is 1. The van der Waals surface area contributed by atoms with Crippen molar-refractivity contribution in [2.45, 2.75) is 45.3 Å². The average Bonchev–Trinajstić information content (AvgIpc) is 2.74. The molecule has 0 aliphatic carbocycles. The Morgan fingerprint density at radius 3 is 2.94 bits per heavy atom. The van der Waals surface area contributed by atoms with Crippen LogP contribution in [0.5, 0.6) is 0 Å². The van der Waals surface area contributed by atoms with Gasteiger partial charge < -0.3 is 5.32 Å². The van der Waals surface area contributed by atoms with Crippen LogP contribution >= 0.6 is 11.3 Å². The quantitative estimate of drug-likeness (QED) is 0.852. The Balaban J connectivity index is 2.12. The van der Waals surface area contributed by atoms with Crippen molar-refractivity contribution in [2.75, 3.05) is 13.1 Å². The number of hydrogen-bond acceptors (Lipinski definition) is 3. The van der Waals surface area contributed by atoms with Crippen molar-refractivity contribution >= 4 is 11.3 Å². The highest BCUT2D eigenvalue weighted by Gasteiger charge is 2.33. The standard InChI is InChI=1S/C13H22N2S/c1-10-7-14-13(3,4)9-15(10)11(2)12-5-6-16-8-12/h5-6,8,10-11,14H,7,9H2,1-4H3. The molecule has 1 fully saturated rings. The summed E-state index contributed by atoms with van der Waals surface area (Å²) < 4.78 is 0. The molecule has 16 heavy (non-hydrogen) atoms. The summed E-state index contributed by atoms with van der Waals surface area (Å²) >= 11 is 1.79. The van der Waals surface area contributed by atoms with E-state index in [1.807, 2.05) is 0 Å². The summed E-state index contributed by atoms with van der Waals surface area (Å²) in [5.41, 5.74) is 1.69. The summed E-state index contributed by atoms with van der Waals surface area (Å²) in [6.45, 7) is 11.4. The molecular weight excluding hydrogens is 216 g/mol. The summed E-state index contributed by atoms with van der Waals surface area (Å²) in [4.78, 5) is 2.61. The molecule has 1 aromatic rings. The van der Waals surface area contributed by atoms with Crippen molar-refractivity contribution in [3.8, 4) is 0 Å². The van der Waals surface area contributed by atoms with E-state index in [9.17, 15) is 0 Å². The fraction of sp³-hybridized carbons (Fsp3) is 0.692. The Morgan fingerprint density at radius 1 is 1.56 bits per heavy atom. The van der Waals surface area contributed by atoms with Gasteiger partial charge in [0.2, 0.25) is 0 Å². The van der Waals surface area contributed by atoms with E-state index in [1.165, 1.54) is 5.56 Å². The fourth-order valence-corrected chi connectivity index (χ4v) is 3.18. The minimum atomic E-state index is 0.233. The summed E-state index contributed by atoms with van der Waals surface area (Å²) in [5.74, 6) is 0. The molecule has 0 aromatic carbocycles. The Kier molecular flexibility index (Phi) is 3.38. The van der Waals surface area contributed by atoms with Gasteiger partial charge in [0.15, 0.2) is 0 Å². The van der Waals surface area contributed by atoms with Crippen molar-refractivity contribution in [1.82, 2.24) is 10.2 Å². The number of nitrogens with one attached hydrogen (secondary N) is 1. The molecular formula is C13H22N2S. The van der Waals surface area contributed by atoms with Crippen LogP contribution in [0.4, 0.5) is 0 Å². The van der Waals surface area contributed by atoms with E-state index in [-0.39, 0.29) is 5.54 Å². The first-order valence-corrected chi connectivity index (χ1v) is 6.97. The molecule has 90 valence electrons. The zero-order valence-corrected chi connectivity index (χ0v) is 11.5. The number of piperazine rings is 1. The van der Waals surface area contributed by atoms with E-state index in [0.29, 0.717) is 12.1 Å². The lowest BCUT2D eigenvalue weighted by Gasteiger charge is -2.46. The lowest BCUT2D eigenvalue weighted by atomic mass is 9.96. The van der Waals surface area contributed by atoms with Crippen LogP contribution in [0.25, 0.3) is 0 Å². The molecule has 2 nitrogen and oxygen atoms in total. The Labute approximate surface area is 103 Å². The molecule has 1 saturated heterocycles. The van der Waals surface area contributed by atoms with E-state index in [2.05, 4.69) is 54.7 Å². The molecule has 0 spiro atoms. The molecule has 2 unspecified atom stereocenters. The first-order valence-electron chi connectivity index (χ1n) is 6.02. The van der Waals surface area contributed by atoms with Gasteiger partial charge in [0.1, 0.15) is 0 Å². The summed E-state index contributed by atoms with van der Waals surface area (Å²) in [7, 11) is 0. The molecule has 2 rings (SSSR count). The third kappa shape index (κ3) is 2.47. The van der Waals surface area contributed by atoms with Gasteiger partial charge in [-0.25, -0.2) is 0 Å². The highest BCUT2D eigenvalue weighted by atomic mass is 32.1. The maximum absolute atomic E-state index is 3.60. The highest BCUT2D eigenvalue weighted by molar-refractivity contribution is 7.07. The van der Waals surface area contributed by atoms with Gasteiger partial charge in [-0.05, 0) is 50.1 Å². The fourth-order valence-electron chi connectivity index (χ4n) is 2.43. The van der Waals surface area contributed by atoms with Crippen LogP contribution < -0.4 is 5.32 Å². The number of hydrogen-bond donors (Lipinski definition) is 1. The Bertz CT molecular complexity index is 332. The predicted octanol–water partition coefficient (Wildman–Crippen LogP) is 2.88. The van der Waals surface area contributed by atoms with Crippen LogP contribution in [-0.4, -0.2) is 29.6 Å². The zero-order valence-electron chi connectivity index (χ0n) is 10.7. The molecule has 3 heteroatoms. The molecule has 2 atom stereocenters. The SMILES string of the molecule is CC1CNC(C)(C)CN1C(C)c1ccsc1. The molecule has 0 amide bonds. The molecule has 0 saturated carbocycles. The smallest absolute Gasteiger partial charge is 0.0332 e. The van der Waals surface area contributed by atoms with Crippen LogP contribution in [0.2, 0.25) is 0 Å². The Morgan fingerprint density at radius 2 is 2.31 bits per heavy atom. The number of nitrogens with zero attached hydrogens (tertiary/aromatic N) is 1. The van der Waals surface area contributed by atoms with Gasteiger partial charge in [0.05, 0.1) is 0 Å². The van der Waals surface area contributed by atoms with Crippen LogP contribution in [-0.2, 0) is 0 Å². The zero-order chi connectivity index (χ0) is 11.8. The minimum Gasteiger partial charge on any atom is -0.309 e. The summed E-state index contributed by atoms with van der Waals surface area (Å²) in [6.07, 6.45) is 0. The maximum atomic E-state index is 3.60. The molecule has 1 aromatic heterocycles. The van der Waals surface area contributed by atoms with Crippen molar-refractivity contribution < 1.29 is 0 Å². The second-order valence-corrected chi connectivity index (χ2v) is 6.30. The largest absolute Gasteiger partial charge is 0.309 e. The van der Waals surface area contributed by atoms with Crippen molar-refractivity contribution in [1.29, 1.82) is 0 Å². The van der Waals surface area contributed by atoms with Crippen molar-refractivity contribution in [3.05, 3.63) is 22.4 Å². The third-order valence-corrected chi connectivity index (χ3v) is 4.24. The summed E-state index contributed by atoms with van der Waals surface area (Å²) in [5, 5.41) is 8.04. The van der Waals surface area contributed by atoms with Gasteiger partial charge in [0.25, 0.3) is 0 Å². The van der Waals surface area contributed by atoms with E-state index >= 15 is 0 Å². The molecule has 2 heterocycles. The lowest BCUT2D eigenvalue weighted by Crippen LogP contribution is -2.61. The molecule has 1 N–H and O–H groups in total. The highest BCUT2D eigenvalue weighted by Crippen LogP contribution is 2.28. The van der Waals surface area contributed by atoms with Crippen LogP contribution in [0.1, 0.15) is 39.3 Å². The van der Waals surface area contributed by atoms with Gasteiger partial charge in [-0.2, -0.15) is 11.3 Å². The topological polar surface area (TPSA) is 15.3 Å². The van der Waals surface area contributed by atoms with Gasteiger partial charge >= 0.3 is 0 Å². The molecule has 0 radical (unpaired) electrons. The van der Waals surface area contributed by atoms with E-state index in [0.717, 1.165) is 13.1 Å². The molecule has 0 bridgehead atoms. The average molecular weight is 238 g/mol. The lowest BCUT2D eigenvalue weighted by molar-refractivity contribution is 0.0691. The third-order valence-electron chi connectivity index (χ3n) is 3.54. The second kappa shape index (κ2) is 4.47. The van der Waals surface area contributed by atoms with Crippen molar-refractivity contribution in [3.63, 3.8) is 0 Å². The van der Waals surface area contributed by atoms with E-state index < -0.39 is 0 Å². The van der Waals surface area contributed by atoms with E-state index in [4.69, 9.17) is 0 Å². The maximum Gasteiger partial charge on any atom is 0.0332 e. The van der Waals surface area contributed by atoms with Gasteiger partial charge in [-0.15, -0.1) is 0 Å². The summed E-state index contributed by atoms with van der Waals surface area (Å²) in [6, 6.07) is 3.39. The van der Waals surface area contributed by atoms with Gasteiger partial charge in [-0.3, -0.25) is 4.90 Å². The first-order chi connectivity index (χ1) is 7.49. The Hall–Kier alpha value is -0.380. The number of rotatable bonds is 2. The normalized spacial score (nSPS) is 27.9. The second-order valence-electron chi connectivity index (χ2n) is 5.52. The van der Waals surface area contributed by atoms with Gasteiger partial charge in [0, 0.05) is 30.7 Å². The van der Waals surface area contributed by atoms with E-state index in [1.54, 1.807) is 11.3 Å². The van der Waals surface area contributed by atoms with Crippen molar-refractivity contribution in [2.24, 2.45) is 0 Å². The minimum absolute atomic E-state index is 0.233. The molecule has 1 aliphatic heterocycles. The first kappa shape index (κ1) is 12.1. The van der Waals surface area contributed by atoms with Gasteiger partial charge in [-0.1, -0.05) is 0 Å². The monoisotopic (exact) mass is 238 g/mol. The van der Waals surface area contributed by atoms with Crippen LogP contribution in [0, 0.1) is 0 Å². The predicted molar refractivity (Wildman–Crippen MR) is 71.0 cm³/mol. The van der Waals surface area contributed by atoms with Crippen LogP contribution in [0.3, 0.4) is 0 Å². The molecule has 1 aliphatic rings.